The standard InChI is InChI=1S/C15H22ClNO2/c1-2-12-11-19-10-9-17(12)8-7-15(18)13-5-3-4-6-14(13)16/h3-6,12,15,18H,2,7-11H2,1H3. The van der Waals surface area contributed by atoms with Gasteiger partial charge in [0.05, 0.1) is 19.3 Å². The summed E-state index contributed by atoms with van der Waals surface area (Å²) in [6, 6.07) is 7.99. The fraction of sp³-hybridized carbons (Fsp3) is 0.600. The Balaban J connectivity index is 1.89. The molecule has 1 aromatic carbocycles. The lowest BCUT2D eigenvalue weighted by molar-refractivity contribution is -0.0143. The topological polar surface area (TPSA) is 32.7 Å². The molecule has 1 aliphatic heterocycles. The fourth-order valence-corrected chi connectivity index (χ4v) is 2.81. The van der Waals surface area contributed by atoms with E-state index in [1.54, 1.807) is 0 Å². The van der Waals surface area contributed by atoms with Crippen molar-refractivity contribution in [1.29, 1.82) is 0 Å². The summed E-state index contributed by atoms with van der Waals surface area (Å²) in [7, 11) is 0. The molecule has 0 aliphatic carbocycles. The molecule has 1 aromatic rings. The minimum Gasteiger partial charge on any atom is -0.388 e. The van der Waals surface area contributed by atoms with E-state index < -0.39 is 6.10 Å². The predicted molar refractivity (Wildman–Crippen MR) is 77.5 cm³/mol. The van der Waals surface area contributed by atoms with Crippen molar-refractivity contribution in [3.05, 3.63) is 34.9 Å². The maximum atomic E-state index is 10.2. The molecule has 0 saturated carbocycles. The molecule has 1 heterocycles. The van der Waals surface area contributed by atoms with Crippen molar-refractivity contribution in [2.24, 2.45) is 0 Å². The van der Waals surface area contributed by atoms with Crippen LogP contribution < -0.4 is 0 Å². The molecular formula is C15H22ClNO2. The molecule has 1 saturated heterocycles. The largest absolute Gasteiger partial charge is 0.388 e. The first kappa shape index (κ1) is 14.8. The summed E-state index contributed by atoms with van der Waals surface area (Å²) >= 11 is 6.10. The Labute approximate surface area is 120 Å². The summed E-state index contributed by atoms with van der Waals surface area (Å²) in [5.74, 6) is 0. The quantitative estimate of drug-likeness (QED) is 0.902. The van der Waals surface area contributed by atoms with Gasteiger partial charge < -0.3 is 9.84 Å². The highest BCUT2D eigenvalue weighted by atomic mass is 35.5. The van der Waals surface area contributed by atoms with E-state index in [0.29, 0.717) is 17.5 Å². The number of benzene rings is 1. The van der Waals surface area contributed by atoms with Crippen LogP contribution in [0.15, 0.2) is 24.3 Å². The molecule has 0 aromatic heterocycles. The van der Waals surface area contributed by atoms with E-state index in [2.05, 4.69) is 11.8 Å². The van der Waals surface area contributed by atoms with E-state index in [-0.39, 0.29) is 0 Å². The van der Waals surface area contributed by atoms with Gasteiger partial charge >= 0.3 is 0 Å². The van der Waals surface area contributed by atoms with Gasteiger partial charge in [-0.3, -0.25) is 4.90 Å². The molecule has 1 N–H and O–H groups in total. The maximum Gasteiger partial charge on any atom is 0.0816 e. The van der Waals surface area contributed by atoms with E-state index in [4.69, 9.17) is 16.3 Å². The number of aliphatic hydroxyl groups excluding tert-OH is 1. The molecule has 1 fully saturated rings. The molecule has 1 aliphatic rings. The third-order valence-corrected chi connectivity index (χ3v) is 4.12. The molecule has 2 unspecified atom stereocenters. The number of hydrogen-bond acceptors (Lipinski definition) is 3. The summed E-state index contributed by atoms with van der Waals surface area (Å²) in [5.41, 5.74) is 0.825. The number of aliphatic hydroxyl groups is 1. The van der Waals surface area contributed by atoms with Gasteiger partial charge in [0, 0.05) is 24.2 Å². The lowest BCUT2D eigenvalue weighted by atomic mass is 10.1. The van der Waals surface area contributed by atoms with Gasteiger partial charge in [-0.25, -0.2) is 0 Å². The van der Waals surface area contributed by atoms with Crippen LogP contribution in [0.2, 0.25) is 5.02 Å². The average molecular weight is 284 g/mol. The number of halogens is 1. The molecule has 2 rings (SSSR count). The smallest absolute Gasteiger partial charge is 0.0816 e. The summed E-state index contributed by atoms with van der Waals surface area (Å²) in [5, 5.41) is 10.9. The Hall–Kier alpha value is -0.610. The van der Waals surface area contributed by atoms with Gasteiger partial charge in [-0.1, -0.05) is 36.7 Å². The average Bonchev–Trinajstić information content (AvgIpc) is 2.45. The van der Waals surface area contributed by atoms with Gasteiger partial charge in [0.25, 0.3) is 0 Å². The zero-order valence-corrected chi connectivity index (χ0v) is 12.1. The van der Waals surface area contributed by atoms with Gasteiger partial charge in [0.1, 0.15) is 0 Å². The molecule has 0 amide bonds. The molecule has 0 spiro atoms. The molecule has 3 nitrogen and oxygen atoms in total. The van der Waals surface area contributed by atoms with Crippen LogP contribution >= 0.6 is 11.6 Å². The second kappa shape index (κ2) is 7.25. The van der Waals surface area contributed by atoms with Crippen molar-refractivity contribution in [2.45, 2.75) is 31.9 Å². The number of hydrogen-bond donors (Lipinski definition) is 1. The zero-order valence-electron chi connectivity index (χ0n) is 11.4. The van der Waals surface area contributed by atoms with Gasteiger partial charge in [0.15, 0.2) is 0 Å². The molecule has 106 valence electrons. The van der Waals surface area contributed by atoms with Gasteiger partial charge in [-0.2, -0.15) is 0 Å². The van der Waals surface area contributed by atoms with Crippen molar-refractivity contribution in [1.82, 2.24) is 4.90 Å². The van der Waals surface area contributed by atoms with Crippen LogP contribution in [-0.4, -0.2) is 42.4 Å². The van der Waals surface area contributed by atoms with E-state index in [1.165, 1.54) is 0 Å². The van der Waals surface area contributed by atoms with Gasteiger partial charge in [-0.05, 0) is 24.5 Å². The number of ether oxygens (including phenoxy) is 1. The molecule has 19 heavy (non-hydrogen) atoms. The van der Waals surface area contributed by atoms with E-state index in [1.807, 2.05) is 24.3 Å². The van der Waals surface area contributed by atoms with Crippen molar-refractivity contribution in [3.63, 3.8) is 0 Å². The first-order valence-corrected chi connectivity index (χ1v) is 7.34. The summed E-state index contributed by atoms with van der Waals surface area (Å²) < 4.78 is 5.49. The minimum atomic E-state index is -0.492. The van der Waals surface area contributed by atoms with E-state index in [0.717, 1.165) is 38.3 Å². The van der Waals surface area contributed by atoms with Crippen LogP contribution in [0.4, 0.5) is 0 Å². The van der Waals surface area contributed by atoms with Crippen LogP contribution in [-0.2, 0) is 4.74 Å². The zero-order chi connectivity index (χ0) is 13.7. The first-order valence-electron chi connectivity index (χ1n) is 6.96. The lowest BCUT2D eigenvalue weighted by Crippen LogP contribution is -2.45. The third kappa shape index (κ3) is 3.93. The second-order valence-electron chi connectivity index (χ2n) is 5.00. The monoisotopic (exact) mass is 283 g/mol. The molecule has 0 radical (unpaired) electrons. The summed E-state index contributed by atoms with van der Waals surface area (Å²) in [6.07, 6.45) is 1.30. The summed E-state index contributed by atoms with van der Waals surface area (Å²) in [4.78, 5) is 2.41. The Morgan fingerprint density at radius 3 is 3.00 bits per heavy atom. The minimum absolute atomic E-state index is 0.479. The second-order valence-corrected chi connectivity index (χ2v) is 5.41. The predicted octanol–water partition coefficient (Wildman–Crippen LogP) is 2.87. The highest BCUT2D eigenvalue weighted by Gasteiger charge is 2.22. The highest BCUT2D eigenvalue weighted by Crippen LogP contribution is 2.25. The first-order chi connectivity index (χ1) is 9.22. The van der Waals surface area contributed by atoms with E-state index >= 15 is 0 Å². The van der Waals surface area contributed by atoms with Crippen molar-refractivity contribution in [2.75, 3.05) is 26.3 Å². The maximum absolute atomic E-state index is 10.2. The Bertz CT molecular complexity index is 399. The number of nitrogens with zero attached hydrogens (tertiary/aromatic N) is 1. The Kier molecular flexibility index (Phi) is 5.64. The Morgan fingerprint density at radius 2 is 2.26 bits per heavy atom. The van der Waals surface area contributed by atoms with Crippen molar-refractivity contribution < 1.29 is 9.84 Å². The normalized spacial score (nSPS) is 22.4. The van der Waals surface area contributed by atoms with E-state index in [9.17, 15) is 5.11 Å². The third-order valence-electron chi connectivity index (χ3n) is 3.77. The van der Waals surface area contributed by atoms with Crippen LogP contribution in [0.3, 0.4) is 0 Å². The number of rotatable bonds is 5. The summed E-state index contributed by atoms with van der Waals surface area (Å²) in [6.45, 7) is 5.61. The van der Waals surface area contributed by atoms with Crippen LogP contribution in [0.1, 0.15) is 31.4 Å². The molecular weight excluding hydrogens is 262 g/mol. The van der Waals surface area contributed by atoms with Crippen molar-refractivity contribution >= 4 is 11.6 Å². The highest BCUT2D eigenvalue weighted by molar-refractivity contribution is 6.31. The van der Waals surface area contributed by atoms with Crippen molar-refractivity contribution in [3.8, 4) is 0 Å². The van der Waals surface area contributed by atoms with Crippen LogP contribution in [0.25, 0.3) is 0 Å². The number of morpholine rings is 1. The molecule has 2 atom stereocenters. The van der Waals surface area contributed by atoms with Crippen LogP contribution in [0.5, 0.6) is 0 Å². The van der Waals surface area contributed by atoms with Crippen LogP contribution in [0, 0.1) is 0 Å². The molecule has 0 bridgehead atoms. The SMILES string of the molecule is CCC1COCCN1CCC(O)c1ccccc1Cl. The van der Waals surface area contributed by atoms with Gasteiger partial charge in [-0.15, -0.1) is 0 Å². The molecule has 4 heteroatoms. The Morgan fingerprint density at radius 1 is 1.47 bits per heavy atom. The fourth-order valence-electron chi connectivity index (χ4n) is 2.55. The lowest BCUT2D eigenvalue weighted by Gasteiger charge is -2.35. The van der Waals surface area contributed by atoms with Gasteiger partial charge in [0.2, 0.25) is 0 Å².